The number of hydrogen-bond donors (Lipinski definition) is 4. The highest BCUT2D eigenvalue weighted by atomic mass is 16.1. The van der Waals surface area contributed by atoms with Crippen LogP contribution >= 0.6 is 0 Å². The molecule has 0 saturated heterocycles. The summed E-state index contributed by atoms with van der Waals surface area (Å²) in [7, 11) is 0. The van der Waals surface area contributed by atoms with Gasteiger partial charge in [0.25, 0.3) is 5.91 Å². The summed E-state index contributed by atoms with van der Waals surface area (Å²) in [5, 5.41) is 20.1. The smallest absolute Gasteiger partial charge is 0.273 e. The first-order chi connectivity index (χ1) is 14.8. The summed E-state index contributed by atoms with van der Waals surface area (Å²) in [6, 6.07) is 4.29. The highest BCUT2D eigenvalue weighted by Crippen LogP contribution is 2.27. The quantitative estimate of drug-likeness (QED) is 0.472. The molecular formula is C21H29N9O. The minimum Gasteiger partial charge on any atom is -0.364 e. The first-order valence-corrected chi connectivity index (χ1v) is 10.6. The number of nitrogens with two attached hydrogens (primary N) is 2. The van der Waals surface area contributed by atoms with Crippen LogP contribution < -0.4 is 22.1 Å². The van der Waals surface area contributed by atoms with Crippen LogP contribution in [0.3, 0.4) is 0 Å². The van der Waals surface area contributed by atoms with Gasteiger partial charge in [0.2, 0.25) is 5.95 Å². The Kier molecular flexibility index (Phi) is 5.73. The molecule has 10 nitrogen and oxygen atoms in total. The van der Waals surface area contributed by atoms with Gasteiger partial charge in [-0.15, -0.1) is 10.2 Å². The Morgan fingerprint density at radius 1 is 1.23 bits per heavy atom. The number of aryl methyl sites for hydroxylation is 1. The lowest BCUT2D eigenvalue weighted by Gasteiger charge is -2.29. The summed E-state index contributed by atoms with van der Waals surface area (Å²) >= 11 is 0. The molecule has 0 radical (unpaired) electrons. The molecule has 6 N–H and O–H groups in total. The SMILES string of the molecule is Cc1cc(Nc2nc(N[C@@H]3CCCC[C@@H]3N)nnc2C(N)=O)cc2cn(C(C)C)nc12. The fourth-order valence-electron chi connectivity index (χ4n) is 3.95. The van der Waals surface area contributed by atoms with Crippen molar-refractivity contribution < 1.29 is 4.79 Å². The lowest BCUT2D eigenvalue weighted by molar-refractivity contribution is 0.0995. The molecule has 2 heterocycles. The van der Waals surface area contributed by atoms with Gasteiger partial charge in [0.15, 0.2) is 11.5 Å². The summed E-state index contributed by atoms with van der Waals surface area (Å²) in [5.74, 6) is -0.126. The standard InChI is InChI=1S/C21H29N9O/c1-11(2)30-10-13-9-14(8-12(3)17(13)29-30)24-20-18(19(23)31)27-28-21(26-20)25-16-7-5-4-6-15(16)22/h8-11,15-16H,4-7,22H2,1-3H3,(H2,23,31)(H2,24,25,26,28)/t15-,16+/m0/s1. The van der Waals surface area contributed by atoms with Crippen molar-refractivity contribution in [3.8, 4) is 0 Å². The summed E-state index contributed by atoms with van der Waals surface area (Å²) in [4.78, 5) is 16.4. The number of nitrogens with zero attached hydrogens (tertiary/aromatic N) is 5. The van der Waals surface area contributed by atoms with E-state index in [0.717, 1.165) is 47.8 Å². The van der Waals surface area contributed by atoms with Crippen LogP contribution in [0, 0.1) is 6.92 Å². The van der Waals surface area contributed by atoms with Crippen molar-refractivity contribution in [1.82, 2.24) is 25.0 Å². The first-order valence-electron chi connectivity index (χ1n) is 10.6. The van der Waals surface area contributed by atoms with E-state index in [1.165, 1.54) is 0 Å². The molecular weight excluding hydrogens is 394 g/mol. The van der Waals surface area contributed by atoms with Crippen LogP contribution in [-0.4, -0.2) is 43.0 Å². The van der Waals surface area contributed by atoms with Crippen LogP contribution in [0.2, 0.25) is 0 Å². The lowest BCUT2D eigenvalue weighted by atomic mass is 9.91. The van der Waals surface area contributed by atoms with E-state index in [4.69, 9.17) is 11.5 Å². The molecule has 164 valence electrons. The van der Waals surface area contributed by atoms with E-state index in [0.29, 0.717) is 5.95 Å². The van der Waals surface area contributed by atoms with Crippen molar-refractivity contribution in [2.24, 2.45) is 11.5 Å². The molecule has 1 aliphatic rings. The average Bonchev–Trinajstić information content (AvgIpc) is 3.15. The molecule has 1 fully saturated rings. The number of nitrogens with one attached hydrogen (secondary N) is 2. The number of carbonyl (C=O) groups is 1. The summed E-state index contributed by atoms with van der Waals surface area (Å²) < 4.78 is 1.93. The van der Waals surface area contributed by atoms with Crippen molar-refractivity contribution in [1.29, 1.82) is 0 Å². The average molecular weight is 424 g/mol. The zero-order valence-electron chi connectivity index (χ0n) is 18.1. The normalized spacial score (nSPS) is 19.0. The molecule has 2 atom stereocenters. The molecule has 31 heavy (non-hydrogen) atoms. The topological polar surface area (TPSA) is 150 Å². The molecule has 10 heteroatoms. The van der Waals surface area contributed by atoms with E-state index in [9.17, 15) is 4.79 Å². The Balaban J connectivity index is 1.65. The van der Waals surface area contributed by atoms with Gasteiger partial charge in [-0.3, -0.25) is 9.48 Å². The number of carbonyl (C=O) groups excluding carboxylic acids is 1. The molecule has 1 saturated carbocycles. The van der Waals surface area contributed by atoms with Crippen LogP contribution in [0.1, 0.15) is 61.6 Å². The van der Waals surface area contributed by atoms with E-state index in [2.05, 4.69) is 44.8 Å². The minimum atomic E-state index is -0.700. The number of rotatable bonds is 6. The van der Waals surface area contributed by atoms with Crippen molar-refractivity contribution in [2.75, 3.05) is 10.6 Å². The van der Waals surface area contributed by atoms with Crippen molar-refractivity contribution in [3.63, 3.8) is 0 Å². The predicted octanol–water partition coefficient (Wildman–Crippen LogP) is 2.63. The molecule has 0 aliphatic heterocycles. The Bertz CT molecular complexity index is 1110. The van der Waals surface area contributed by atoms with Gasteiger partial charge < -0.3 is 22.1 Å². The summed E-state index contributed by atoms with van der Waals surface area (Å²) in [6.07, 6.45) is 6.13. The second kappa shape index (κ2) is 8.46. The maximum atomic E-state index is 11.9. The van der Waals surface area contributed by atoms with E-state index < -0.39 is 5.91 Å². The van der Waals surface area contributed by atoms with Crippen LogP contribution in [0.5, 0.6) is 0 Å². The third-order valence-corrected chi connectivity index (χ3v) is 5.66. The van der Waals surface area contributed by atoms with Crippen LogP contribution in [0.4, 0.5) is 17.5 Å². The molecule has 1 aromatic carbocycles. The second-order valence-corrected chi connectivity index (χ2v) is 8.45. The number of benzene rings is 1. The Hall–Kier alpha value is -3.27. The number of primary amides is 1. The molecule has 0 unspecified atom stereocenters. The van der Waals surface area contributed by atoms with E-state index in [1.54, 1.807) is 0 Å². The van der Waals surface area contributed by atoms with Crippen molar-refractivity contribution in [2.45, 2.75) is 64.6 Å². The van der Waals surface area contributed by atoms with Gasteiger partial charge in [-0.05, 0) is 51.3 Å². The molecule has 0 spiro atoms. The zero-order valence-corrected chi connectivity index (χ0v) is 18.1. The Labute approximate surface area is 180 Å². The highest BCUT2D eigenvalue weighted by molar-refractivity contribution is 5.96. The van der Waals surface area contributed by atoms with Gasteiger partial charge in [0.05, 0.1) is 5.52 Å². The van der Waals surface area contributed by atoms with Gasteiger partial charge in [0, 0.05) is 35.4 Å². The van der Waals surface area contributed by atoms with Crippen LogP contribution in [0.15, 0.2) is 18.3 Å². The van der Waals surface area contributed by atoms with Crippen molar-refractivity contribution in [3.05, 3.63) is 29.6 Å². The maximum Gasteiger partial charge on any atom is 0.273 e. The van der Waals surface area contributed by atoms with Gasteiger partial charge in [0.1, 0.15) is 0 Å². The monoisotopic (exact) mass is 423 g/mol. The third kappa shape index (κ3) is 4.43. The number of fused-ring (bicyclic) bond motifs is 1. The number of anilines is 3. The van der Waals surface area contributed by atoms with Gasteiger partial charge in [-0.1, -0.05) is 12.8 Å². The molecule has 1 aliphatic carbocycles. The van der Waals surface area contributed by atoms with Gasteiger partial charge >= 0.3 is 0 Å². The van der Waals surface area contributed by atoms with Gasteiger partial charge in [-0.25, -0.2) is 0 Å². The van der Waals surface area contributed by atoms with E-state index >= 15 is 0 Å². The Morgan fingerprint density at radius 3 is 2.71 bits per heavy atom. The largest absolute Gasteiger partial charge is 0.364 e. The fourth-order valence-corrected chi connectivity index (χ4v) is 3.95. The van der Waals surface area contributed by atoms with Gasteiger partial charge in [-0.2, -0.15) is 10.1 Å². The molecule has 3 aromatic rings. The summed E-state index contributed by atoms with van der Waals surface area (Å²) in [5.41, 5.74) is 14.4. The predicted molar refractivity (Wildman–Crippen MR) is 120 cm³/mol. The number of hydrogen-bond acceptors (Lipinski definition) is 8. The van der Waals surface area contributed by atoms with E-state index in [-0.39, 0.29) is 29.6 Å². The summed E-state index contributed by atoms with van der Waals surface area (Å²) in [6.45, 7) is 6.16. The number of amides is 1. The first kappa shape index (κ1) is 21.0. The second-order valence-electron chi connectivity index (χ2n) is 8.45. The van der Waals surface area contributed by atoms with Crippen LogP contribution in [-0.2, 0) is 0 Å². The molecule has 0 bridgehead atoms. The van der Waals surface area contributed by atoms with E-state index in [1.807, 2.05) is 29.9 Å². The third-order valence-electron chi connectivity index (χ3n) is 5.66. The van der Waals surface area contributed by atoms with Crippen molar-refractivity contribution >= 4 is 34.3 Å². The van der Waals surface area contributed by atoms with Crippen LogP contribution in [0.25, 0.3) is 10.9 Å². The molecule has 1 amide bonds. The molecule has 2 aromatic heterocycles. The lowest BCUT2D eigenvalue weighted by Crippen LogP contribution is -2.43. The minimum absolute atomic E-state index is 0.0193. The molecule has 4 rings (SSSR count). The number of aromatic nitrogens is 5. The zero-order chi connectivity index (χ0) is 22.1. The Morgan fingerprint density at radius 2 is 2.00 bits per heavy atom. The highest BCUT2D eigenvalue weighted by Gasteiger charge is 2.23. The maximum absolute atomic E-state index is 11.9. The fraction of sp³-hybridized carbons (Fsp3) is 0.476.